The number of ether oxygens (including phenoxy) is 2. The first-order chi connectivity index (χ1) is 13.1. The van der Waals surface area contributed by atoms with Crippen LogP contribution >= 0.6 is 0 Å². The number of fused-ring (bicyclic) bond motifs is 2. The van der Waals surface area contributed by atoms with Crippen molar-refractivity contribution in [3.05, 3.63) is 64.2 Å². The number of carbonyl (C=O) groups is 1. The second-order valence-electron chi connectivity index (χ2n) is 6.26. The zero-order valence-corrected chi connectivity index (χ0v) is 14.4. The van der Waals surface area contributed by atoms with Crippen molar-refractivity contribution in [2.75, 3.05) is 18.5 Å². The van der Waals surface area contributed by atoms with E-state index in [0.29, 0.717) is 41.5 Å². The molecule has 0 atom stereocenters. The molecule has 1 amide bonds. The van der Waals surface area contributed by atoms with E-state index in [1.165, 1.54) is 12.1 Å². The highest BCUT2D eigenvalue weighted by atomic mass is 19.1. The predicted molar refractivity (Wildman–Crippen MR) is 98.9 cm³/mol. The lowest BCUT2D eigenvalue weighted by Gasteiger charge is -2.19. The van der Waals surface area contributed by atoms with E-state index in [-0.39, 0.29) is 24.3 Å². The van der Waals surface area contributed by atoms with E-state index in [4.69, 9.17) is 9.47 Å². The SMILES string of the molecule is O=C(CCc1cc2ccc(F)cc2[nH]c1=O)Nc1ccc2c(c1)OCCO2. The number of hydrogen-bond donors (Lipinski definition) is 2. The molecule has 0 radical (unpaired) electrons. The number of nitrogens with one attached hydrogen (secondary N) is 2. The molecule has 0 saturated heterocycles. The van der Waals surface area contributed by atoms with E-state index in [2.05, 4.69) is 10.3 Å². The second kappa shape index (κ2) is 7.11. The maximum absolute atomic E-state index is 13.2. The molecule has 7 heteroatoms. The number of rotatable bonds is 4. The van der Waals surface area contributed by atoms with Gasteiger partial charge in [-0.3, -0.25) is 9.59 Å². The summed E-state index contributed by atoms with van der Waals surface area (Å²) in [5.74, 6) is 0.616. The summed E-state index contributed by atoms with van der Waals surface area (Å²) in [5, 5.41) is 3.51. The molecule has 2 N–H and O–H groups in total. The molecule has 0 aliphatic carbocycles. The Morgan fingerprint density at radius 2 is 1.89 bits per heavy atom. The predicted octanol–water partition coefficient (Wildman–Crippen LogP) is 3.01. The Morgan fingerprint density at radius 3 is 2.74 bits per heavy atom. The zero-order chi connectivity index (χ0) is 18.8. The molecule has 1 aromatic heterocycles. The minimum atomic E-state index is -0.412. The molecule has 0 fully saturated rings. The van der Waals surface area contributed by atoms with Gasteiger partial charge in [-0.1, -0.05) is 0 Å². The molecule has 27 heavy (non-hydrogen) atoms. The van der Waals surface area contributed by atoms with Gasteiger partial charge in [-0.05, 0) is 48.2 Å². The number of pyridine rings is 1. The Hall–Kier alpha value is -3.35. The van der Waals surface area contributed by atoms with Gasteiger partial charge < -0.3 is 19.8 Å². The van der Waals surface area contributed by atoms with Crippen molar-refractivity contribution < 1.29 is 18.7 Å². The van der Waals surface area contributed by atoms with Gasteiger partial charge in [0.15, 0.2) is 11.5 Å². The minimum Gasteiger partial charge on any atom is -0.486 e. The molecule has 1 aliphatic heterocycles. The van der Waals surface area contributed by atoms with Crippen LogP contribution in [0.4, 0.5) is 10.1 Å². The minimum absolute atomic E-state index is 0.143. The summed E-state index contributed by atoms with van der Waals surface area (Å²) in [6, 6.07) is 11.1. The number of anilines is 1. The average molecular weight is 368 g/mol. The molecule has 0 bridgehead atoms. The molecule has 0 unspecified atom stereocenters. The monoisotopic (exact) mass is 368 g/mol. The van der Waals surface area contributed by atoms with Crippen LogP contribution < -0.4 is 20.3 Å². The summed E-state index contributed by atoms with van der Waals surface area (Å²) in [7, 11) is 0. The number of hydrogen-bond acceptors (Lipinski definition) is 4. The third-order valence-corrected chi connectivity index (χ3v) is 4.33. The van der Waals surface area contributed by atoms with E-state index in [1.54, 1.807) is 30.3 Å². The Labute approximate surface area is 153 Å². The zero-order valence-electron chi connectivity index (χ0n) is 14.4. The van der Waals surface area contributed by atoms with E-state index >= 15 is 0 Å². The number of aryl methyl sites for hydroxylation is 1. The van der Waals surface area contributed by atoms with Crippen molar-refractivity contribution in [3.8, 4) is 11.5 Å². The van der Waals surface area contributed by atoms with Gasteiger partial charge >= 0.3 is 0 Å². The van der Waals surface area contributed by atoms with Crippen molar-refractivity contribution in [2.45, 2.75) is 12.8 Å². The number of carbonyl (C=O) groups excluding carboxylic acids is 1. The molecular formula is C20H17FN2O4. The van der Waals surface area contributed by atoms with Crippen LogP contribution in [0.25, 0.3) is 10.9 Å². The van der Waals surface area contributed by atoms with Crippen molar-refractivity contribution >= 4 is 22.5 Å². The highest BCUT2D eigenvalue weighted by molar-refractivity contribution is 5.91. The van der Waals surface area contributed by atoms with Crippen LogP contribution in [0.5, 0.6) is 11.5 Å². The summed E-state index contributed by atoms with van der Waals surface area (Å²) < 4.78 is 24.2. The lowest BCUT2D eigenvalue weighted by Crippen LogP contribution is -2.18. The number of aromatic nitrogens is 1. The molecule has 138 valence electrons. The maximum Gasteiger partial charge on any atom is 0.251 e. The number of aromatic amines is 1. The fraction of sp³-hybridized carbons (Fsp3) is 0.200. The first kappa shape index (κ1) is 17.1. The fourth-order valence-corrected chi connectivity index (χ4v) is 3.00. The lowest BCUT2D eigenvalue weighted by molar-refractivity contribution is -0.116. The van der Waals surface area contributed by atoms with Crippen LogP contribution in [0, 0.1) is 5.82 Å². The molecular weight excluding hydrogens is 351 g/mol. The third kappa shape index (κ3) is 3.76. The largest absolute Gasteiger partial charge is 0.486 e. The van der Waals surface area contributed by atoms with Crippen LogP contribution in [0.2, 0.25) is 0 Å². The number of benzene rings is 2. The molecule has 3 aromatic rings. The topological polar surface area (TPSA) is 80.4 Å². The van der Waals surface area contributed by atoms with Crippen LogP contribution in [-0.2, 0) is 11.2 Å². The average Bonchev–Trinajstić information content (AvgIpc) is 2.66. The second-order valence-corrected chi connectivity index (χ2v) is 6.26. The van der Waals surface area contributed by atoms with Gasteiger partial charge in [-0.25, -0.2) is 4.39 Å². The third-order valence-electron chi connectivity index (χ3n) is 4.33. The first-order valence-corrected chi connectivity index (χ1v) is 8.59. The van der Waals surface area contributed by atoms with Gasteiger partial charge in [0, 0.05) is 23.7 Å². The van der Waals surface area contributed by atoms with Crippen molar-refractivity contribution in [2.24, 2.45) is 0 Å². The van der Waals surface area contributed by atoms with Crippen LogP contribution in [0.3, 0.4) is 0 Å². The summed E-state index contributed by atoms with van der Waals surface area (Å²) in [5.41, 5.74) is 1.20. The molecule has 1 aliphatic rings. The molecule has 4 rings (SSSR count). The summed E-state index contributed by atoms with van der Waals surface area (Å²) in [6.07, 6.45) is 0.420. The van der Waals surface area contributed by atoms with Gasteiger partial charge in [0.25, 0.3) is 5.56 Å². The summed E-state index contributed by atoms with van der Waals surface area (Å²) >= 11 is 0. The van der Waals surface area contributed by atoms with Gasteiger partial charge in [-0.15, -0.1) is 0 Å². The van der Waals surface area contributed by atoms with Crippen LogP contribution in [0.15, 0.2) is 47.3 Å². The molecule has 0 spiro atoms. The van der Waals surface area contributed by atoms with E-state index in [0.717, 1.165) is 5.39 Å². The first-order valence-electron chi connectivity index (χ1n) is 8.59. The van der Waals surface area contributed by atoms with E-state index < -0.39 is 5.82 Å². The van der Waals surface area contributed by atoms with Gasteiger partial charge in [-0.2, -0.15) is 0 Å². The van der Waals surface area contributed by atoms with Crippen molar-refractivity contribution in [1.82, 2.24) is 4.98 Å². The Morgan fingerprint density at radius 1 is 1.07 bits per heavy atom. The number of amides is 1. The van der Waals surface area contributed by atoms with Crippen LogP contribution in [0.1, 0.15) is 12.0 Å². The normalized spacial score (nSPS) is 12.8. The summed E-state index contributed by atoms with van der Waals surface area (Å²) in [6.45, 7) is 0.977. The number of halogens is 1. The van der Waals surface area contributed by atoms with Gasteiger partial charge in [0.2, 0.25) is 5.91 Å². The molecule has 0 saturated carbocycles. The Kier molecular flexibility index (Phi) is 4.50. The van der Waals surface area contributed by atoms with Gasteiger partial charge in [0.1, 0.15) is 19.0 Å². The fourth-order valence-electron chi connectivity index (χ4n) is 3.00. The summed E-state index contributed by atoms with van der Waals surface area (Å²) in [4.78, 5) is 27.0. The standard InChI is InChI=1S/C20H17FN2O4/c21-14-3-1-12-9-13(20(25)23-16(12)10-14)2-6-19(24)22-15-4-5-17-18(11-15)27-8-7-26-17/h1,3-5,9-11H,2,6-8H2,(H,22,24)(H,23,25). The highest BCUT2D eigenvalue weighted by Gasteiger charge is 2.13. The maximum atomic E-state index is 13.2. The van der Waals surface area contributed by atoms with Crippen molar-refractivity contribution in [1.29, 1.82) is 0 Å². The van der Waals surface area contributed by atoms with Crippen molar-refractivity contribution in [3.63, 3.8) is 0 Å². The Bertz CT molecular complexity index is 1080. The van der Waals surface area contributed by atoms with E-state index in [9.17, 15) is 14.0 Å². The molecule has 2 heterocycles. The molecule has 2 aromatic carbocycles. The highest BCUT2D eigenvalue weighted by Crippen LogP contribution is 2.32. The smallest absolute Gasteiger partial charge is 0.251 e. The number of H-pyrrole nitrogens is 1. The van der Waals surface area contributed by atoms with Crippen LogP contribution in [-0.4, -0.2) is 24.1 Å². The quantitative estimate of drug-likeness (QED) is 0.742. The Balaban J connectivity index is 1.43. The van der Waals surface area contributed by atoms with E-state index in [1.807, 2.05) is 0 Å². The molecule has 6 nitrogen and oxygen atoms in total. The van der Waals surface area contributed by atoms with Gasteiger partial charge in [0.05, 0.1) is 5.52 Å². The lowest BCUT2D eigenvalue weighted by atomic mass is 10.1.